The van der Waals surface area contributed by atoms with E-state index in [1.54, 1.807) is 29.2 Å². The Hall–Kier alpha value is -4.54. The van der Waals surface area contributed by atoms with Crippen LogP contribution in [0.2, 0.25) is 0 Å². The maximum Gasteiger partial charge on any atom is 0.314 e. The normalized spacial score (nSPS) is 20.1. The standard InChI is InChI=1S/C33H42N2O4.C8H9N/c1-4-7-30-27(20-24-12-10-23(3)11-13-24)21-32(37)35(31(5-2)34-30)28-8-6-9-29(19-18-28)39-33(38)26-16-14-25(22-36)15-17-26;1-3-5-8(7-9)6-4-2/h6,9-13,18-19,25-26,36H,4-5,7-8,14-17,20-22H2,1-3H3;3-6H,1H2,2H3/b;6-4-,8-5+. The molecule has 1 saturated carbocycles. The second-order valence-electron chi connectivity index (χ2n) is 12.4. The Balaban J connectivity index is 0.000000609. The molecule has 1 heterocycles. The van der Waals surface area contributed by atoms with Crippen molar-refractivity contribution < 1.29 is 19.4 Å². The summed E-state index contributed by atoms with van der Waals surface area (Å²) in [5.74, 6) is 1.22. The van der Waals surface area contributed by atoms with Crippen molar-refractivity contribution in [3.8, 4) is 6.07 Å². The number of amidine groups is 1. The monoisotopic (exact) mass is 649 g/mol. The third-order valence-corrected chi connectivity index (χ3v) is 8.65. The minimum absolute atomic E-state index is 0.0259. The summed E-state index contributed by atoms with van der Waals surface area (Å²) >= 11 is 0. The van der Waals surface area contributed by atoms with Crippen LogP contribution in [-0.4, -0.2) is 34.3 Å². The zero-order valence-electron chi connectivity index (χ0n) is 29.1. The molecule has 0 aromatic heterocycles. The first-order chi connectivity index (χ1) is 23.3. The van der Waals surface area contributed by atoms with Gasteiger partial charge >= 0.3 is 5.97 Å². The van der Waals surface area contributed by atoms with Gasteiger partial charge in [0.2, 0.25) is 5.91 Å². The smallest absolute Gasteiger partial charge is 0.314 e. The molecule has 0 spiro atoms. The topological polar surface area (TPSA) is 103 Å². The predicted molar refractivity (Wildman–Crippen MR) is 193 cm³/mol. The lowest BCUT2D eigenvalue weighted by Crippen LogP contribution is -2.35. The molecule has 0 radical (unpaired) electrons. The second kappa shape index (κ2) is 20.0. The zero-order chi connectivity index (χ0) is 34.9. The molecule has 0 saturated heterocycles. The van der Waals surface area contributed by atoms with Crippen molar-refractivity contribution in [1.82, 2.24) is 4.90 Å². The molecule has 7 nitrogen and oxygen atoms in total. The first-order valence-corrected chi connectivity index (χ1v) is 17.2. The number of ether oxygens (including phenoxy) is 1. The van der Waals surface area contributed by atoms with Crippen LogP contribution in [0.1, 0.15) is 89.7 Å². The van der Waals surface area contributed by atoms with Crippen molar-refractivity contribution in [3.63, 3.8) is 0 Å². The van der Waals surface area contributed by atoms with E-state index in [-0.39, 0.29) is 24.4 Å². The summed E-state index contributed by atoms with van der Waals surface area (Å²) in [6.45, 7) is 11.8. The Kier molecular flexibility index (Phi) is 15.8. The van der Waals surface area contributed by atoms with E-state index in [4.69, 9.17) is 15.0 Å². The lowest BCUT2D eigenvalue weighted by Gasteiger charge is -2.25. The summed E-state index contributed by atoms with van der Waals surface area (Å²) in [6.07, 6.45) is 21.5. The van der Waals surface area contributed by atoms with Crippen LogP contribution >= 0.6 is 0 Å². The van der Waals surface area contributed by atoms with E-state index in [1.165, 1.54) is 11.1 Å². The molecule has 0 bridgehead atoms. The van der Waals surface area contributed by atoms with Gasteiger partial charge in [0.25, 0.3) is 0 Å². The van der Waals surface area contributed by atoms with Crippen molar-refractivity contribution in [2.45, 2.75) is 91.9 Å². The number of hydrogen-bond acceptors (Lipinski definition) is 6. The number of carbonyl (C=O) groups is 2. The van der Waals surface area contributed by atoms with E-state index in [0.717, 1.165) is 67.7 Å². The van der Waals surface area contributed by atoms with Crippen LogP contribution in [0, 0.1) is 30.1 Å². The van der Waals surface area contributed by atoms with Gasteiger partial charge in [0.1, 0.15) is 11.6 Å². The van der Waals surface area contributed by atoms with E-state index in [1.807, 2.05) is 44.2 Å². The van der Waals surface area contributed by atoms with Crippen molar-refractivity contribution in [2.24, 2.45) is 16.8 Å². The Morgan fingerprint density at radius 1 is 1.17 bits per heavy atom. The van der Waals surface area contributed by atoms with Gasteiger partial charge in [-0.3, -0.25) is 14.5 Å². The number of nitriles is 1. The average molecular weight is 650 g/mol. The molecule has 7 heteroatoms. The molecule has 1 aromatic carbocycles. The maximum atomic E-state index is 13.7. The largest absolute Gasteiger partial charge is 0.426 e. The Bertz CT molecular complexity index is 1540. The van der Waals surface area contributed by atoms with Gasteiger partial charge in [-0.25, -0.2) is 4.99 Å². The molecule has 4 rings (SSSR count). The highest BCUT2D eigenvalue weighted by atomic mass is 16.5. The molecule has 0 unspecified atom stereocenters. The third kappa shape index (κ3) is 11.3. The van der Waals surface area contributed by atoms with Crippen molar-refractivity contribution in [3.05, 3.63) is 119 Å². The SMILES string of the molecule is C=C/C=C(C#N)\C=C/C.CCCC1=C(Cc2ccc(C)cc2)CC(=O)N(C2=CC=C(OC(=O)C3CCC(CO)CC3)C=CC2)C(CC)=N1. The van der Waals surface area contributed by atoms with Gasteiger partial charge in [-0.15, -0.1) is 0 Å². The lowest BCUT2D eigenvalue weighted by atomic mass is 9.82. The molecule has 1 aromatic rings. The molecular formula is C41H51N3O4. The molecule has 254 valence electrons. The number of rotatable bonds is 11. The van der Waals surface area contributed by atoms with Crippen molar-refractivity contribution >= 4 is 17.7 Å². The van der Waals surface area contributed by atoms with E-state index in [2.05, 4.69) is 44.7 Å². The predicted octanol–water partition coefficient (Wildman–Crippen LogP) is 8.90. The number of hydrogen-bond donors (Lipinski definition) is 1. The molecule has 2 aliphatic carbocycles. The summed E-state index contributed by atoms with van der Waals surface area (Å²) in [5, 5.41) is 17.7. The number of aryl methyl sites for hydroxylation is 1. The fraction of sp³-hybridized carbons (Fsp3) is 0.415. The number of allylic oxidation sites excluding steroid dienone is 10. The highest BCUT2D eigenvalue weighted by molar-refractivity contribution is 6.02. The van der Waals surface area contributed by atoms with Gasteiger partial charge < -0.3 is 9.84 Å². The molecule has 3 aliphatic rings. The number of nitrogens with zero attached hydrogens (tertiary/aromatic N) is 3. The van der Waals surface area contributed by atoms with Crippen LogP contribution < -0.4 is 0 Å². The maximum absolute atomic E-state index is 13.7. The van der Waals surface area contributed by atoms with E-state index in [9.17, 15) is 14.7 Å². The summed E-state index contributed by atoms with van der Waals surface area (Å²) < 4.78 is 5.75. The highest BCUT2D eigenvalue weighted by Crippen LogP contribution is 2.31. The molecule has 1 N–H and O–H groups in total. The van der Waals surface area contributed by atoms with Gasteiger partial charge in [0, 0.05) is 30.8 Å². The summed E-state index contributed by atoms with van der Waals surface area (Å²) in [7, 11) is 0. The molecule has 48 heavy (non-hydrogen) atoms. The van der Waals surface area contributed by atoms with Gasteiger partial charge in [0.05, 0.1) is 24.0 Å². The number of aliphatic imine (C=N–C) groups is 1. The number of aliphatic hydroxyl groups is 1. The van der Waals surface area contributed by atoms with Gasteiger partial charge in [0.15, 0.2) is 0 Å². The van der Waals surface area contributed by atoms with Crippen LogP contribution in [0.25, 0.3) is 0 Å². The summed E-state index contributed by atoms with van der Waals surface area (Å²) in [6, 6.07) is 10.5. The number of benzene rings is 1. The summed E-state index contributed by atoms with van der Waals surface area (Å²) in [5.41, 5.74) is 5.99. The highest BCUT2D eigenvalue weighted by Gasteiger charge is 2.29. The minimum Gasteiger partial charge on any atom is -0.426 e. The number of esters is 1. The number of carbonyl (C=O) groups excluding carboxylic acids is 2. The first kappa shape index (κ1) is 37.9. The Morgan fingerprint density at radius 3 is 2.50 bits per heavy atom. The number of aliphatic hydroxyl groups excluding tert-OH is 1. The molecule has 1 amide bonds. The van der Waals surface area contributed by atoms with E-state index >= 15 is 0 Å². The molecule has 0 atom stereocenters. The van der Waals surface area contributed by atoms with Gasteiger partial charge in [-0.2, -0.15) is 5.26 Å². The average Bonchev–Trinajstić information content (AvgIpc) is 3.40. The first-order valence-electron chi connectivity index (χ1n) is 17.2. The van der Waals surface area contributed by atoms with Gasteiger partial charge in [-0.1, -0.05) is 74.9 Å². The second-order valence-corrected chi connectivity index (χ2v) is 12.4. The van der Waals surface area contributed by atoms with E-state index in [0.29, 0.717) is 36.5 Å². The third-order valence-electron chi connectivity index (χ3n) is 8.65. The zero-order valence-corrected chi connectivity index (χ0v) is 29.1. The minimum atomic E-state index is -0.213. The molecular weight excluding hydrogens is 598 g/mol. The number of amides is 1. The van der Waals surface area contributed by atoms with Crippen LogP contribution in [0.3, 0.4) is 0 Å². The van der Waals surface area contributed by atoms with Crippen molar-refractivity contribution in [2.75, 3.05) is 6.61 Å². The van der Waals surface area contributed by atoms with Crippen molar-refractivity contribution in [1.29, 1.82) is 5.26 Å². The van der Waals surface area contributed by atoms with Crippen LogP contribution in [0.4, 0.5) is 0 Å². The van der Waals surface area contributed by atoms with E-state index < -0.39 is 0 Å². The summed E-state index contributed by atoms with van der Waals surface area (Å²) in [4.78, 5) is 33.4. The van der Waals surface area contributed by atoms with Crippen LogP contribution in [0.15, 0.2) is 113 Å². The quantitative estimate of drug-likeness (QED) is 0.147. The molecule has 1 aliphatic heterocycles. The Labute approximate surface area is 287 Å². The van der Waals surface area contributed by atoms with Crippen LogP contribution in [-0.2, 0) is 20.7 Å². The fourth-order valence-electron chi connectivity index (χ4n) is 5.99. The lowest BCUT2D eigenvalue weighted by molar-refractivity contribution is -0.145. The van der Waals surface area contributed by atoms with Gasteiger partial charge in [-0.05, 0) is 99.8 Å². The Morgan fingerprint density at radius 2 is 1.90 bits per heavy atom. The van der Waals surface area contributed by atoms with Crippen LogP contribution in [0.5, 0.6) is 0 Å². The molecule has 1 fully saturated rings. The fourth-order valence-corrected chi connectivity index (χ4v) is 5.99.